The van der Waals surface area contributed by atoms with Crippen molar-refractivity contribution in [3.05, 3.63) is 29.8 Å². The number of sulfone groups is 1. The van der Waals surface area contributed by atoms with E-state index in [4.69, 9.17) is 9.47 Å². The van der Waals surface area contributed by atoms with Gasteiger partial charge in [-0.3, -0.25) is 0 Å². The number of hydrogen-bond donors (Lipinski definition) is 1. The first-order valence-corrected chi connectivity index (χ1v) is 11.4. The standard InChI is InChI=1S/C21H34O5S/c1-16-5-7-18(8-6-16)27(23,24)14-11-17(2)19-9-10-20(26-15-25-4)21(19,3)12-13-22/h5-8,17,19-20,22H,9-15H2,1-4H3/t17-,19-,20-,21-/m0/s1. The third-order valence-corrected chi connectivity index (χ3v) is 8.03. The van der Waals surface area contributed by atoms with Gasteiger partial charge in [-0.15, -0.1) is 0 Å². The maximum atomic E-state index is 12.7. The van der Waals surface area contributed by atoms with Gasteiger partial charge in [-0.25, -0.2) is 8.42 Å². The van der Waals surface area contributed by atoms with E-state index in [-0.39, 0.29) is 36.6 Å². The van der Waals surface area contributed by atoms with Crippen molar-refractivity contribution in [2.75, 3.05) is 26.3 Å². The first-order chi connectivity index (χ1) is 12.7. The van der Waals surface area contributed by atoms with Crippen LogP contribution in [0, 0.1) is 24.2 Å². The molecule has 0 unspecified atom stereocenters. The van der Waals surface area contributed by atoms with Gasteiger partial charge in [-0.1, -0.05) is 31.5 Å². The van der Waals surface area contributed by atoms with Gasteiger partial charge in [0, 0.05) is 13.7 Å². The lowest BCUT2D eigenvalue weighted by atomic mass is 9.70. The maximum Gasteiger partial charge on any atom is 0.178 e. The molecule has 2 rings (SSSR count). The summed E-state index contributed by atoms with van der Waals surface area (Å²) < 4.78 is 36.3. The van der Waals surface area contributed by atoms with Crippen molar-refractivity contribution < 1.29 is 23.0 Å². The minimum atomic E-state index is -3.28. The lowest BCUT2D eigenvalue weighted by molar-refractivity contribution is -0.118. The molecule has 4 atom stereocenters. The summed E-state index contributed by atoms with van der Waals surface area (Å²) in [5, 5.41) is 9.58. The Morgan fingerprint density at radius 2 is 1.93 bits per heavy atom. The summed E-state index contributed by atoms with van der Waals surface area (Å²) in [4.78, 5) is 0.395. The topological polar surface area (TPSA) is 72.8 Å². The van der Waals surface area contributed by atoms with Crippen LogP contribution in [0.4, 0.5) is 0 Å². The average molecular weight is 399 g/mol. The number of rotatable bonds is 10. The zero-order chi connectivity index (χ0) is 20.1. The van der Waals surface area contributed by atoms with Crippen LogP contribution in [0.3, 0.4) is 0 Å². The molecule has 0 heterocycles. The molecule has 0 spiro atoms. The minimum Gasteiger partial charge on any atom is -0.396 e. The smallest absolute Gasteiger partial charge is 0.178 e. The third kappa shape index (κ3) is 5.31. The number of aryl methyl sites for hydroxylation is 1. The SMILES string of the molecule is COCO[C@H]1CC[C@@H]([C@@H](C)CCS(=O)(=O)c2ccc(C)cc2)[C@]1(C)CCO. The summed E-state index contributed by atoms with van der Waals surface area (Å²) in [7, 11) is -1.67. The van der Waals surface area contributed by atoms with Gasteiger partial charge in [-0.05, 0) is 62.0 Å². The van der Waals surface area contributed by atoms with Crippen LogP contribution in [0.5, 0.6) is 0 Å². The Labute approximate surface area is 164 Å². The number of aliphatic hydroxyl groups excluding tert-OH is 1. The summed E-state index contributed by atoms with van der Waals surface area (Å²) in [5.41, 5.74) is 0.885. The normalized spacial score (nSPS) is 27.0. The van der Waals surface area contributed by atoms with Crippen molar-refractivity contribution in [1.82, 2.24) is 0 Å². The maximum absolute atomic E-state index is 12.7. The number of ether oxygens (including phenoxy) is 2. The van der Waals surface area contributed by atoms with Crippen LogP contribution in [0.25, 0.3) is 0 Å². The van der Waals surface area contributed by atoms with E-state index in [1.54, 1.807) is 19.2 Å². The molecule has 1 N–H and O–H groups in total. The molecule has 6 heteroatoms. The lowest BCUT2D eigenvalue weighted by Gasteiger charge is -2.39. The largest absolute Gasteiger partial charge is 0.396 e. The van der Waals surface area contributed by atoms with E-state index in [1.165, 1.54) is 0 Å². The number of hydrogen-bond acceptors (Lipinski definition) is 5. The molecule has 1 aliphatic rings. The van der Waals surface area contributed by atoms with Crippen LogP contribution in [0.15, 0.2) is 29.2 Å². The molecule has 154 valence electrons. The van der Waals surface area contributed by atoms with Crippen LogP contribution in [-0.4, -0.2) is 45.9 Å². The quantitative estimate of drug-likeness (QED) is 0.610. The molecule has 0 bridgehead atoms. The number of aliphatic hydroxyl groups is 1. The third-order valence-electron chi connectivity index (χ3n) is 6.27. The number of methoxy groups -OCH3 is 1. The van der Waals surface area contributed by atoms with Gasteiger partial charge in [0.05, 0.1) is 16.8 Å². The Morgan fingerprint density at radius 1 is 1.26 bits per heavy atom. The van der Waals surface area contributed by atoms with E-state index < -0.39 is 9.84 Å². The predicted octanol–water partition coefficient (Wildman–Crippen LogP) is 3.58. The zero-order valence-electron chi connectivity index (χ0n) is 17.0. The molecular formula is C21H34O5S. The second-order valence-corrected chi connectivity index (χ2v) is 10.2. The van der Waals surface area contributed by atoms with Gasteiger partial charge in [0.1, 0.15) is 6.79 Å². The molecule has 1 saturated carbocycles. The summed E-state index contributed by atoms with van der Waals surface area (Å²) in [6.45, 7) is 6.58. The van der Waals surface area contributed by atoms with Crippen LogP contribution in [0.2, 0.25) is 0 Å². The monoisotopic (exact) mass is 398 g/mol. The molecule has 0 amide bonds. The molecule has 0 aromatic heterocycles. The van der Waals surface area contributed by atoms with Gasteiger partial charge in [0.15, 0.2) is 9.84 Å². The molecule has 1 aromatic carbocycles. The summed E-state index contributed by atoms with van der Waals surface area (Å²) >= 11 is 0. The Hall–Kier alpha value is -0.950. The first-order valence-electron chi connectivity index (χ1n) is 9.75. The summed E-state index contributed by atoms with van der Waals surface area (Å²) in [6, 6.07) is 7.05. The highest BCUT2D eigenvalue weighted by Crippen LogP contribution is 2.51. The van der Waals surface area contributed by atoms with Gasteiger partial charge < -0.3 is 14.6 Å². The summed E-state index contributed by atoms with van der Waals surface area (Å²) in [6.07, 6.45) is 3.20. The average Bonchev–Trinajstić information content (AvgIpc) is 2.95. The zero-order valence-corrected chi connectivity index (χ0v) is 17.8. The molecule has 1 aliphatic carbocycles. The molecule has 1 fully saturated rings. The van der Waals surface area contributed by atoms with Gasteiger partial charge >= 0.3 is 0 Å². The van der Waals surface area contributed by atoms with Crippen LogP contribution >= 0.6 is 0 Å². The molecule has 0 radical (unpaired) electrons. The van der Waals surface area contributed by atoms with E-state index in [0.717, 1.165) is 18.4 Å². The van der Waals surface area contributed by atoms with Crippen molar-refractivity contribution in [1.29, 1.82) is 0 Å². The fourth-order valence-corrected chi connectivity index (χ4v) is 6.05. The molecule has 0 aliphatic heterocycles. The highest BCUT2D eigenvalue weighted by atomic mass is 32.2. The van der Waals surface area contributed by atoms with Crippen LogP contribution in [-0.2, 0) is 19.3 Å². The molecule has 1 aromatic rings. The fourth-order valence-electron chi connectivity index (χ4n) is 4.58. The van der Waals surface area contributed by atoms with Crippen molar-refractivity contribution in [3.8, 4) is 0 Å². The number of benzene rings is 1. The Bertz CT molecular complexity index is 685. The highest BCUT2D eigenvalue weighted by Gasteiger charge is 2.48. The first kappa shape index (κ1) is 22.3. The fraction of sp³-hybridized carbons (Fsp3) is 0.714. The van der Waals surface area contributed by atoms with E-state index >= 15 is 0 Å². The van der Waals surface area contributed by atoms with Crippen molar-refractivity contribution in [3.63, 3.8) is 0 Å². The van der Waals surface area contributed by atoms with Crippen molar-refractivity contribution >= 4 is 9.84 Å². The Balaban J connectivity index is 2.05. The van der Waals surface area contributed by atoms with Gasteiger partial charge in [0.25, 0.3) is 0 Å². The highest BCUT2D eigenvalue weighted by molar-refractivity contribution is 7.91. The second-order valence-electron chi connectivity index (χ2n) is 8.12. The lowest BCUT2D eigenvalue weighted by Crippen LogP contribution is -2.38. The van der Waals surface area contributed by atoms with E-state index in [1.807, 2.05) is 19.1 Å². The van der Waals surface area contributed by atoms with Gasteiger partial charge in [-0.2, -0.15) is 0 Å². The molecular weight excluding hydrogens is 364 g/mol. The van der Waals surface area contributed by atoms with E-state index in [9.17, 15) is 13.5 Å². The van der Waals surface area contributed by atoms with Crippen molar-refractivity contribution in [2.45, 2.75) is 57.5 Å². The Kier molecular flexibility index (Phi) is 7.86. The van der Waals surface area contributed by atoms with E-state index in [0.29, 0.717) is 23.7 Å². The van der Waals surface area contributed by atoms with Crippen LogP contribution < -0.4 is 0 Å². The van der Waals surface area contributed by atoms with Crippen LogP contribution in [0.1, 0.15) is 45.1 Å². The molecule has 0 saturated heterocycles. The molecule has 5 nitrogen and oxygen atoms in total. The Morgan fingerprint density at radius 3 is 2.52 bits per heavy atom. The van der Waals surface area contributed by atoms with Gasteiger partial charge in [0.2, 0.25) is 0 Å². The van der Waals surface area contributed by atoms with Crippen molar-refractivity contribution in [2.24, 2.45) is 17.3 Å². The second kappa shape index (κ2) is 9.50. The summed E-state index contributed by atoms with van der Waals surface area (Å²) in [5.74, 6) is 0.699. The van der Waals surface area contributed by atoms with E-state index in [2.05, 4.69) is 13.8 Å². The molecule has 27 heavy (non-hydrogen) atoms. The minimum absolute atomic E-state index is 0.0331. The predicted molar refractivity (Wildman–Crippen MR) is 106 cm³/mol.